The third-order valence-electron chi connectivity index (χ3n) is 5.59. The number of hydrogen-bond donors (Lipinski definition) is 1. The highest BCUT2D eigenvalue weighted by Gasteiger charge is 2.23. The first-order valence-electron chi connectivity index (χ1n) is 11.0. The van der Waals surface area contributed by atoms with Crippen molar-refractivity contribution in [2.24, 2.45) is 5.92 Å². The molecule has 1 amide bonds. The van der Waals surface area contributed by atoms with E-state index < -0.39 is 0 Å². The van der Waals surface area contributed by atoms with Gasteiger partial charge in [-0.15, -0.1) is 0 Å². The van der Waals surface area contributed by atoms with Gasteiger partial charge in [-0.25, -0.2) is 4.98 Å². The lowest BCUT2D eigenvalue weighted by Crippen LogP contribution is -2.42. The predicted molar refractivity (Wildman–Crippen MR) is 122 cm³/mol. The Morgan fingerprint density at radius 3 is 2.83 bits per heavy atom. The van der Waals surface area contributed by atoms with Gasteiger partial charge in [-0.05, 0) is 51.2 Å². The molecule has 2 atom stereocenters. The topological polar surface area (TPSA) is 73.2 Å². The van der Waals surface area contributed by atoms with Crippen molar-refractivity contribution in [1.82, 2.24) is 14.9 Å². The average molecular weight is 432 g/mol. The minimum absolute atomic E-state index is 0.0100. The van der Waals surface area contributed by atoms with Crippen LogP contribution in [0.3, 0.4) is 0 Å². The van der Waals surface area contributed by atoms with Gasteiger partial charge in [0.25, 0.3) is 5.56 Å². The van der Waals surface area contributed by atoms with Gasteiger partial charge in [0.2, 0.25) is 5.91 Å². The van der Waals surface area contributed by atoms with E-state index in [1.165, 1.54) is 31.0 Å². The average Bonchev–Trinajstić information content (AvgIpc) is 2.72. The van der Waals surface area contributed by atoms with E-state index in [4.69, 9.17) is 4.74 Å². The van der Waals surface area contributed by atoms with E-state index in [1.54, 1.807) is 10.6 Å². The molecule has 1 N–H and O–H groups in total. The second-order valence-corrected chi connectivity index (χ2v) is 9.31. The predicted octanol–water partition coefficient (Wildman–Crippen LogP) is 4.00. The van der Waals surface area contributed by atoms with Crippen molar-refractivity contribution in [3.8, 4) is 0 Å². The van der Waals surface area contributed by atoms with E-state index in [0.717, 1.165) is 12.8 Å². The van der Waals surface area contributed by atoms with Crippen LogP contribution in [0.25, 0.3) is 10.9 Å². The monoisotopic (exact) mass is 431 g/mol. The van der Waals surface area contributed by atoms with Crippen molar-refractivity contribution >= 4 is 28.6 Å². The van der Waals surface area contributed by atoms with Crippen molar-refractivity contribution in [2.45, 2.75) is 76.7 Å². The highest BCUT2D eigenvalue weighted by molar-refractivity contribution is 7.99. The van der Waals surface area contributed by atoms with Gasteiger partial charge in [-0.1, -0.05) is 43.7 Å². The van der Waals surface area contributed by atoms with Crippen LogP contribution >= 0.6 is 11.8 Å². The smallest absolute Gasteiger partial charge is 0.262 e. The van der Waals surface area contributed by atoms with Gasteiger partial charge in [0.1, 0.15) is 0 Å². The summed E-state index contributed by atoms with van der Waals surface area (Å²) < 4.78 is 7.30. The number of benzene rings is 1. The van der Waals surface area contributed by atoms with E-state index in [1.807, 2.05) is 32.0 Å². The van der Waals surface area contributed by atoms with Crippen LogP contribution in [0.15, 0.2) is 34.2 Å². The zero-order valence-electron chi connectivity index (χ0n) is 18.2. The van der Waals surface area contributed by atoms with E-state index in [-0.39, 0.29) is 29.4 Å². The number of para-hydroxylation sites is 1. The van der Waals surface area contributed by atoms with Gasteiger partial charge in [0.15, 0.2) is 5.16 Å². The molecule has 1 aromatic heterocycles. The Kier molecular flexibility index (Phi) is 8.33. The van der Waals surface area contributed by atoms with Crippen LogP contribution in [-0.4, -0.2) is 40.0 Å². The zero-order chi connectivity index (χ0) is 21.5. The molecule has 2 aromatic rings. The molecule has 0 saturated heterocycles. The van der Waals surface area contributed by atoms with Crippen LogP contribution in [0.4, 0.5) is 0 Å². The minimum atomic E-state index is -0.0612. The quantitative estimate of drug-likeness (QED) is 0.369. The third kappa shape index (κ3) is 6.08. The number of amides is 1. The van der Waals surface area contributed by atoms with Crippen molar-refractivity contribution in [3.63, 3.8) is 0 Å². The number of hydrogen-bond acceptors (Lipinski definition) is 5. The molecular weight excluding hydrogens is 398 g/mol. The molecule has 0 bridgehead atoms. The number of aromatic nitrogens is 2. The number of rotatable bonds is 9. The molecule has 30 heavy (non-hydrogen) atoms. The Morgan fingerprint density at radius 1 is 1.30 bits per heavy atom. The fourth-order valence-corrected chi connectivity index (χ4v) is 4.74. The lowest BCUT2D eigenvalue weighted by atomic mass is 9.86. The Morgan fingerprint density at radius 2 is 2.07 bits per heavy atom. The van der Waals surface area contributed by atoms with Gasteiger partial charge in [0, 0.05) is 19.2 Å². The van der Waals surface area contributed by atoms with Gasteiger partial charge in [-0.3, -0.25) is 14.2 Å². The molecule has 1 heterocycles. The van der Waals surface area contributed by atoms with Crippen LogP contribution < -0.4 is 10.9 Å². The first-order valence-corrected chi connectivity index (χ1v) is 12.0. The highest BCUT2D eigenvalue weighted by Crippen LogP contribution is 2.24. The Labute approximate surface area is 182 Å². The van der Waals surface area contributed by atoms with Crippen molar-refractivity contribution in [3.05, 3.63) is 34.6 Å². The molecule has 0 aliphatic heterocycles. The molecule has 1 aliphatic rings. The van der Waals surface area contributed by atoms with Crippen LogP contribution in [-0.2, 0) is 16.1 Å². The summed E-state index contributed by atoms with van der Waals surface area (Å²) in [4.78, 5) is 30.3. The molecule has 1 aliphatic carbocycles. The molecule has 0 radical (unpaired) electrons. The third-order valence-corrected chi connectivity index (χ3v) is 6.57. The van der Waals surface area contributed by atoms with Crippen LogP contribution in [0.5, 0.6) is 0 Å². The summed E-state index contributed by atoms with van der Waals surface area (Å²) in [7, 11) is 0. The lowest BCUT2D eigenvalue weighted by Gasteiger charge is -2.29. The normalized spacial score (nSPS) is 19.3. The van der Waals surface area contributed by atoms with Crippen LogP contribution in [0.1, 0.15) is 52.9 Å². The molecule has 7 heteroatoms. The molecule has 164 valence electrons. The fourth-order valence-electron chi connectivity index (χ4n) is 3.91. The van der Waals surface area contributed by atoms with Gasteiger partial charge < -0.3 is 10.1 Å². The molecule has 3 rings (SSSR count). The summed E-state index contributed by atoms with van der Waals surface area (Å²) in [5, 5.41) is 4.38. The molecular formula is C23H33N3O3S. The number of nitrogens with zero attached hydrogens (tertiary/aromatic N) is 2. The Bertz CT molecular complexity index is 912. The fraction of sp³-hybridized carbons (Fsp3) is 0.609. The van der Waals surface area contributed by atoms with Crippen molar-refractivity contribution < 1.29 is 9.53 Å². The largest absolute Gasteiger partial charge is 0.379 e. The standard InChI is InChI=1S/C23H33N3O3S/c1-16(2)29-14-8-13-26-22(28)18-10-5-7-12-20(18)25-23(26)30-15-21(27)24-19-11-6-4-9-17(19)3/h5,7,10,12,16-17,19H,4,6,8-9,11,13-15H2,1-3H3,(H,24,27). The van der Waals surface area contributed by atoms with Crippen LogP contribution in [0.2, 0.25) is 0 Å². The molecule has 0 spiro atoms. The van der Waals surface area contributed by atoms with E-state index >= 15 is 0 Å². The maximum absolute atomic E-state index is 13.1. The van der Waals surface area contributed by atoms with Gasteiger partial charge in [0.05, 0.1) is 22.8 Å². The van der Waals surface area contributed by atoms with E-state index in [0.29, 0.717) is 35.1 Å². The summed E-state index contributed by atoms with van der Waals surface area (Å²) in [5.41, 5.74) is 0.606. The second kappa shape index (κ2) is 11.0. The summed E-state index contributed by atoms with van der Waals surface area (Å²) in [6, 6.07) is 7.63. The maximum atomic E-state index is 13.1. The first kappa shape index (κ1) is 22.8. The van der Waals surface area contributed by atoms with Crippen molar-refractivity contribution in [1.29, 1.82) is 0 Å². The van der Waals surface area contributed by atoms with Crippen molar-refractivity contribution in [2.75, 3.05) is 12.4 Å². The zero-order valence-corrected chi connectivity index (χ0v) is 19.0. The number of carbonyl (C=O) groups is 1. The molecule has 6 nitrogen and oxygen atoms in total. The first-order chi connectivity index (χ1) is 14.5. The summed E-state index contributed by atoms with van der Waals surface area (Å²) in [6.45, 7) is 7.31. The Balaban J connectivity index is 1.71. The minimum Gasteiger partial charge on any atom is -0.379 e. The molecule has 1 fully saturated rings. The van der Waals surface area contributed by atoms with Gasteiger partial charge in [-0.2, -0.15) is 0 Å². The van der Waals surface area contributed by atoms with E-state index in [2.05, 4.69) is 17.2 Å². The van der Waals surface area contributed by atoms with Crippen LogP contribution in [0, 0.1) is 5.92 Å². The molecule has 1 saturated carbocycles. The molecule has 1 aromatic carbocycles. The number of fused-ring (bicyclic) bond motifs is 1. The van der Waals surface area contributed by atoms with E-state index in [9.17, 15) is 9.59 Å². The number of ether oxygens (including phenoxy) is 1. The number of nitrogens with one attached hydrogen (secondary N) is 1. The summed E-state index contributed by atoms with van der Waals surface area (Å²) >= 11 is 1.34. The second-order valence-electron chi connectivity index (χ2n) is 8.37. The summed E-state index contributed by atoms with van der Waals surface area (Å²) in [6.07, 6.45) is 5.52. The SMILES string of the molecule is CC(C)OCCCn1c(SCC(=O)NC2CCCCC2C)nc2ccccc2c1=O. The van der Waals surface area contributed by atoms with Gasteiger partial charge >= 0.3 is 0 Å². The number of carbonyl (C=O) groups excluding carboxylic acids is 1. The Hall–Kier alpha value is -1.86. The highest BCUT2D eigenvalue weighted by atomic mass is 32.2. The number of thioether (sulfide) groups is 1. The molecule has 2 unspecified atom stereocenters. The maximum Gasteiger partial charge on any atom is 0.262 e. The lowest BCUT2D eigenvalue weighted by molar-refractivity contribution is -0.119. The summed E-state index contributed by atoms with van der Waals surface area (Å²) in [5.74, 6) is 0.790.